The Morgan fingerprint density at radius 1 is 1.40 bits per heavy atom. The van der Waals surface area contributed by atoms with Gasteiger partial charge in [-0.2, -0.15) is 0 Å². The maximum absolute atomic E-state index is 6.46. The zero-order valence-electron chi connectivity index (χ0n) is 7.61. The largest absolute Gasteiger partial charge is 0.317 e. The third-order valence-electron chi connectivity index (χ3n) is 2.12. The van der Waals surface area contributed by atoms with Gasteiger partial charge in [-0.1, -0.05) is 20.8 Å². The Morgan fingerprint density at radius 3 is 1.80 bits per heavy atom. The van der Waals surface area contributed by atoms with E-state index in [4.69, 9.17) is 11.1 Å². The van der Waals surface area contributed by atoms with Gasteiger partial charge < -0.3 is 4.57 Å². The zero-order chi connectivity index (χ0) is 8.36. The quantitative estimate of drug-likeness (QED) is 0.476. The van der Waals surface area contributed by atoms with Crippen LogP contribution in [0.4, 0.5) is 0 Å². The first kappa shape index (κ1) is 10.5. The standard InChI is InChI=1S/C7H18ClNSi/c1-6-10(8,7(2)3)9(4)5/h7H,6H2,1-5H3. The highest BCUT2D eigenvalue weighted by Gasteiger charge is 2.35. The molecule has 0 spiro atoms. The average Bonchev–Trinajstić information content (AvgIpc) is 1.85. The third kappa shape index (κ3) is 1.97. The fourth-order valence-corrected chi connectivity index (χ4v) is 3.72. The van der Waals surface area contributed by atoms with E-state index in [0.29, 0.717) is 5.54 Å². The van der Waals surface area contributed by atoms with Gasteiger partial charge in [0, 0.05) is 0 Å². The van der Waals surface area contributed by atoms with Crippen LogP contribution < -0.4 is 0 Å². The van der Waals surface area contributed by atoms with Crippen molar-refractivity contribution in [2.24, 2.45) is 0 Å². The van der Waals surface area contributed by atoms with Crippen LogP contribution in [0.3, 0.4) is 0 Å². The van der Waals surface area contributed by atoms with Gasteiger partial charge in [-0.3, -0.25) is 0 Å². The Labute approximate surface area is 70.2 Å². The Bertz CT molecular complexity index is 95.8. The number of rotatable bonds is 3. The molecule has 62 valence electrons. The van der Waals surface area contributed by atoms with Crippen molar-refractivity contribution in [3.8, 4) is 0 Å². The second-order valence-electron chi connectivity index (χ2n) is 3.22. The molecule has 0 aromatic rings. The molecule has 10 heavy (non-hydrogen) atoms. The van der Waals surface area contributed by atoms with Crippen molar-refractivity contribution in [2.75, 3.05) is 14.1 Å². The van der Waals surface area contributed by atoms with Crippen LogP contribution in [0.15, 0.2) is 0 Å². The molecule has 0 rings (SSSR count). The van der Waals surface area contributed by atoms with Crippen LogP contribution >= 0.6 is 11.1 Å². The molecule has 0 aliphatic heterocycles. The molecule has 0 saturated carbocycles. The minimum absolute atomic E-state index is 0.633. The van der Waals surface area contributed by atoms with Crippen LogP contribution in [0.1, 0.15) is 20.8 Å². The molecule has 0 aliphatic carbocycles. The van der Waals surface area contributed by atoms with Gasteiger partial charge in [-0.05, 0) is 25.7 Å². The van der Waals surface area contributed by atoms with Crippen molar-refractivity contribution in [2.45, 2.75) is 32.4 Å². The summed E-state index contributed by atoms with van der Waals surface area (Å²) in [7, 11) is 2.60. The SMILES string of the molecule is CC[Si](Cl)(C(C)C)N(C)C. The lowest BCUT2D eigenvalue weighted by atomic mass is 10.6. The molecule has 0 aromatic carbocycles. The summed E-state index contributed by atoms with van der Waals surface area (Å²) in [5.41, 5.74) is 0.633. The van der Waals surface area contributed by atoms with Crippen molar-refractivity contribution >= 4 is 18.6 Å². The molecule has 3 heteroatoms. The minimum Gasteiger partial charge on any atom is -0.317 e. The van der Waals surface area contributed by atoms with Crippen LogP contribution in [-0.2, 0) is 0 Å². The average molecular weight is 180 g/mol. The molecule has 0 aromatic heterocycles. The Balaban J connectivity index is 4.23. The summed E-state index contributed by atoms with van der Waals surface area (Å²) in [5, 5.41) is 0. The van der Waals surface area contributed by atoms with Crippen LogP contribution in [-0.4, -0.2) is 26.2 Å². The van der Waals surface area contributed by atoms with E-state index in [-0.39, 0.29) is 0 Å². The molecular formula is C7H18ClNSi. The maximum atomic E-state index is 6.46. The second-order valence-corrected chi connectivity index (χ2v) is 9.58. The van der Waals surface area contributed by atoms with Gasteiger partial charge >= 0.3 is 0 Å². The van der Waals surface area contributed by atoms with Crippen LogP contribution in [0, 0.1) is 0 Å². The van der Waals surface area contributed by atoms with Crippen molar-refractivity contribution < 1.29 is 0 Å². The van der Waals surface area contributed by atoms with Crippen molar-refractivity contribution in [1.29, 1.82) is 0 Å². The lowest BCUT2D eigenvalue weighted by molar-refractivity contribution is 0.608. The summed E-state index contributed by atoms with van der Waals surface area (Å²) in [6.45, 7) is 6.60. The zero-order valence-corrected chi connectivity index (χ0v) is 9.37. The highest BCUT2D eigenvalue weighted by atomic mass is 35.6. The molecule has 0 saturated heterocycles. The molecule has 1 unspecified atom stereocenters. The smallest absolute Gasteiger partial charge is 0.231 e. The number of hydrogen-bond acceptors (Lipinski definition) is 1. The Kier molecular flexibility index (Phi) is 3.92. The van der Waals surface area contributed by atoms with Gasteiger partial charge in [-0.25, -0.2) is 0 Å². The van der Waals surface area contributed by atoms with E-state index in [1.54, 1.807) is 0 Å². The number of hydrogen-bond donors (Lipinski definition) is 0. The number of halogens is 1. The first-order valence-electron chi connectivity index (χ1n) is 3.81. The summed E-state index contributed by atoms with van der Waals surface area (Å²) >= 11 is 6.46. The maximum Gasteiger partial charge on any atom is 0.231 e. The van der Waals surface area contributed by atoms with Crippen molar-refractivity contribution in [3.63, 3.8) is 0 Å². The van der Waals surface area contributed by atoms with Gasteiger partial charge in [0.15, 0.2) is 0 Å². The minimum atomic E-state index is -1.57. The molecule has 0 aliphatic rings. The molecule has 0 fully saturated rings. The lowest BCUT2D eigenvalue weighted by Gasteiger charge is -2.33. The van der Waals surface area contributed by atoms with Gasteiger partial charge in [-0.15, -0.1) is 11.1 Å². The summed E-state index contributed by atoms with van der Waals surface area (Å²) in [6, 6.07) is 1.12. The number of nitrogens with zero attached hydrogens (tertiary/aromatic N) is 1. The van der Waals surface area contributed by atoms with Gasteiger partial charge in [0.2, 0.25) is 7.55 Å². The summed E-state index contributed by atoms with van der Waals surface area (Å²) in [6.07, 6.45) is 0. The van der Waals surface area contributed by atoms with E-state index in [1.165, 1.54) is 0 Å². The molecule has 0 heterocycles. The van der Waals surface area contributed by atoms with E-state index >= 15 is 0 Å². The first-order chi connectivity index (χ1) is 4.45. The van der Waals surface area contributed by atoms with E-state index < -0.39 is 7.55 Å². The fraction of sp³-hybridized carbons (Fsp3) is 1.00. The van der Waals surface area contributed by atoms with Crippen LogP contribution in [0.2, 0.25) is 11.6 Å². The second kappa shape index (κ2) is 3.74. The highest BCUT2D eigenvalue weighted by Crippen LogP contribution is 2.30. The first-order valence-corrected chi connectivity index (χ1v) is 7.05. The van der Waals surface area contributed by atoms with Crippen LogP contribution in [0.5, 0.6) is 0 Å². The summed E-state index contributed by atoms with van der Waals surface area (Å²) < 4.78 is 2.22. The topological polar surface area (TPSA) is 3.24 Å². The molecule has 0 bridgehead atoms. The molecule has 1 nitrogen and oxygen atoms in total. The molecule has 0 amide bonds. The molecule has 0 radical (unpaired) electrons. The van der Waals surface area contributed by atoms with E-state index in [2.05, 4.69) is 39.4 Å². The van der Waals surface area contributed by atoms with E-state index in [0.717, 1.165) is 6.04 Å². The monoisotopic (exact) mass is 179 g/mol. The molecule has 1 atom stereocenters. The van der Waals surface area contributed by atoms with Gasteiger partial charge in [0.1, 0.15) is 0 Å². The molecule has 0 N–H and O–H groups in total. The third-order valence-corrected chi connectivity index (χ3v) is 9.50. The highest BCUT2D eigenvalue weighted by molar-refractivity contribution is 7.19. The Morgan fingerprint density at radius 2 is 1.80 bits per heavy atom. The predicted molar refractivity (Wildman–Crippen MR) is 50.9 cm³/mol. The van der Waals surface area contributed by atoms with E-state index in [1.807, 2.05) is 0 Å². The van der Waals surface area contributed by atoms with E-state index in [9.17, 15) is 0 Å². The predicted octanol–water partition coefficient (Wildman–Crippen LogP) is 2.66. The Hall–Kier alpha value is 0.467. The summed E-state index contributed by atoms with van der Waals surface area (Å²) in [4.78, 5) is 0. The lowest BCUT2D eigenvalue weighted by Crippen LogP contribution is -2.46. The molecular weight excluding hydrogens is 162 g/mol. The van der Waals surface area contributed by atoms with Crippen molar-refractivity contribution in [1.82, 2.24) is 4.57 Å². The van der Waals surface area contributed by atoms with Crippen LogP contribution in [0.25, 0.3) is 0 Å². The fourth-order valence-electron chi connectivity index (χ4n) is 1.24. The van der Waals surface area contributed by atoms with Gasteiger partial charge in [0.25, 0.3) is 0 Å². The van der Waals surface area contributed by atoms with Crippen molar-refractivity contribution in [3.05, 3.63) is 0 Å². The normalized spacial score (nSPS) is 18.0. The summed E-state index contributed by atoms with van der Waals surface area (Å²) in [5.74, 6) is 0. The van der Waals surface area contributed by atoms with Gasteiger partial charge in [0.05, 0.1) is 0 Å².